The van der Waals surface area contributed by atoms with Crippen molar-refractivity contribution in [2.24, 2.45) is 22.2 Å². The second-order valence-electron chi connectivity index (χ2n) is 16.1. The SMILES string of the molecule is C=C(C)/C=C(\C)P(CC1CC2(C)CC(C)(C(=C)/C(C(=CC)P(C3=CC=CC=CC3)c3ccccc3)=C(\C)SC)C12C)c1cc(C)cc(C)c1.C=CCC.CC. The van der Waals surface area contributed by atoms with Crippen molar-refractivity contribution in [2.75, 3.05) is 12.4 Å². The van der Waals surface area contributed by atoms with Crippen LogP contribution in [0.15, 0.2) is 154 Å². The van der Waals surface area contributed by atoms with E-state index < -0.39 is 15.8 Å². The molecule has 6 atom stereocenters. The zero-order valence-corrected chi connectivity index (χ0v) is 39.4. The Kier molecular flexibility index (Phi) is 17.5. The minimum atomic E-state index is -0.733. The highest BCUT2D eigenvalue weighted by Crippen LogP contribution is 2.84. The zero-order valence-electron chi connectivity index (χ0n) is 36.8. The van der Waals surface area contributed by atoms with Gasteiger partial charge in [0.2, 0.25) is 0 Å². The fourth-order valence-electron chi connectivity index (χ4n) is 9.51. The third-order valence-corrected chi connectivity index (χ3v) is 18.6. The van der Waals surface area contributed by atoms with E-state index in [2.05, 4.69) is 180 Å². The molecular weight excluding hydrogens is 719 g/mol. The fourth-order valence-corrected chi connectivity index (χ4v) is 15.7. The van der Waals surface area contributed by atoms with Gasteiger partial charge in [-0.15, -0.1) is 18.3 Å². The average molecular weight is 791 g/mol. The van der Waals surface area contributed by atoms with Crippen LogP contribution in [-0.4, -0.2) is 12.4 Å². The molecule has 2 saturated carbocycles. The van der Waals surface area contributed by atoms with E-state index in [0.29, 0.717) is 11.3 Å². The molecule has 0 nitrogen and oxygen atoms in total. The van der Waals surface area contributed by atoms with Crippen LogP contribution in [0.4, 0.5) is 0 Å². The van der Waals surface area contributed by atoms with Gasteiger partial charge in [0.25, 0.3) is 0 Å². The van der Waals surface area contributed by atoms with Crippen molar-refractivity contribution in [2.45, 2.75) is 109 Å². The standard InChI is InChI=1S/C46H58P2S.C4H8.C2H6/c1-13-42(48(40-23-19-16-20-24-40)39-21-17-14-15-18-22-39)43(37(8)49-12)36(7)45(10)31-44(9)29-38(46(44,45)11)30-47(35(6)25-32(2)3)41-27-33(4)26-34(5)28-41;1-3-4-2;1-2/h13-21,23-28,38H,2,7,22,29-31H2,1,3-6,8-12H3;3H,1,4H2,2H3;1-2H3/b35-25+,42-13?,43-37-;;. The van der Waals surface area contributed by atoms with Crippen molar-refractivity contribution in [3.8, 4) is 0 Å². The Morgan fingerprint density at radius 3 is 2.07 bits per heavy atom. The predicted molar refractivity (Wildman–Crippen MR) is 258 cm³/mol. The molecule has 0 bridgehead atoms. The number of benzene rings is 2. The molecule has 0 aromatic heterocycles. The lowest BCUT2D eigenvalue weighted by Gasteiger charge is -2.80. The molecule has 3 aliphatic rings. The molecule has 0 radical (unpaired) electrons. The van der Waals surface area contributed by atoms with Crippen LogP contribution in [-0.2, 0) is 0 Å². The molecule has 3 aliphatic carbocycles. The largest absolute Gasteiger partial charge is 0.134 e. The van der Waals surface area contributed by atoms with Gasteiger partial charge in [-0.3, -0.25) is 0 Å². The average Bonchev–Trinajstić information content (AvgIpc) is 3.45. The number of aryl methyl sites for hydroxylation is 2. The topological polar surface area (TPSA) is 0 Å². The molecule has 2 aromatic carbocycles. The smallest absolute Gasteiger partial charge is 0.000757 e. The molecule has 0 heterocycles. The van der Waals surface area contributed by atoms with E-state index in [4.69, 9.17) is 6.58 Å². The van der Waals surface area contributed by atoms with Gasteiger partial charge >= 0.3 is 0 Å². The van der Waals surface area contributed by atoms with Gasteiger partial charge in [0, 0.05) is 0 Å². The molecule has 296 valence electrons. The number of hydrogen-bond acceptors (Lipinski definition) is 1. The molecule has 0 N–H and O–H groups in total. The fraction of sp³-hybridized carbons (Fsp3) is 0.423. The van der Waals surface area contributed by atoms with Gasteiger partial charge < -0.3 is 0 Å². The van der Waals surface area contributed by atoms with Gasteiger partial charge in [0.1, 0.15) is 0 Å². The maximum Gasteiger partial charge on any atom is -0.000757 e. The summed E-state index contributed by atoms with van der Waals surface area (Å²) in [6.45, 7) is 40.3. The summed E-state index contributed by atoms with van der Waals surface area (Å²) in [6.07, 6.45) is 25.9. The van der Waals surface area contributed by atoms with E-state index in [1.807, 2.05) is 31.7 Å². The first-order valence-corrected chi connectivity index (χ1v) is 24.5. The highest BCUT2D eigenvalue weighted by molar-refractivity contribution is 8.02. The van der Waals surface area contributed by atoms with Crippen molar-refractivity contribution in [1.29, 1.82) is 0 Å². The van der Waals surface area contributed by atoms with Crippen molar-refractivity contribution in [3.05, 3.63) is 166 Å². The Hall–Kier alpha value is -2.69. The summed E-state index contributed by atoms with van der Waals surface area (Å²) < 4.78 is 0. The molecule has 55 heavy (non-hydrogen) atoms. The van der Waals surface area contributed by atoms with E-state index in [1.54, 1.807) is 0 Å². The summed E-state index contributed by atoms with van der Waals surface area (Å²) in [5.74, 6) is 0.633. The quantitative estimate of drug-likeness (QED) is 0.111. The van der Waals surface area contributed by atoms with Crippen LogP contribution in [0.1, 0.15) is 106 Å². The molecular formula is C52H72P2S. The first-order valence-electron chi connectivity index (χ1n) is 20.4. The number of allylic oxidation sites excluding steroid dienone is 15. The zero-order chi connectivity index (χ0) is 41.1. The first kappa shape index (κ1) is 46.7. The molecule has 3 heteroatoms. The summed E-state index contributed by atoms with van der Waals surface area (Å²) in [5.41, 5.74) is 7.16. The molecule has 5 rings (SSSR count). The summed E-state index contributed by atoms with van der Waals surface area (Å²) in [7, 11) is -1.21. The Balaban J connectivity index is 0.00000127. The number of rotatable bonds is 13. The van der Waals surface area contributed by atoms with Gasteiger partial charge in [-0.25, -0.2) is 0 Å². The summed E-state index contributed by atoms with van der Waals surface area (Å²) >= 11 is 1.89. The Bertz CT molecular complexity index is 1850. The molecule has 2 aromatic rings. The lowest BCUT2D eigenvalue weighted by Crippen LogP contribution is -2.74. The number of fused-ring (bicyclic) bond motifs is 1. The van der Waals surface area contributed by atoms with Crippen LogP contribution in [0, 0.1) is 36.0 Å². The number of thioether (sulfide) groups is 1. The summed E-state index contributed by atoms with van der Waals surface area (Å²) in [4.78, 5) is 1.38. The Morgan fingerprint density at radius 2 is 1.55 bits per heavy atom. The van der Waals surface area contributed by atoms with E-state index in [-0.39, 0.29) is 10.8 Å². The summed E-state index contributed by atoms with van der Waals surface area (Å²) in [6, 6.07) is 18.4. The lowest BCUT2D eigenvalue weighted by atomic mass is 9.24. The molecule has 2 fully saturated rings. The number of hydrogen-bond donors (Lipinski definition) is 0. The molecule has 0 amide bonds. The molecule has 0 saturated heterocycles. The summed E-state index contributed by atoms with van der Waals surface area (Å²) in [5, 5.41) is 7.37. The van der Waals surface area contributed by atoms with E-state index in [9.17, 15) is 0 Å². The normalized spacial score (nSPS) is 25.8. The Morgan fingerprint density at radius 1 is 0.927 bits per heavy atom. The second kappa shape index (κ2) is 20.6. The third kappa shape index (κ3) is 9.89. The maximum atomic E-state index is 5.12. The Labute approximate surface area is 345 Å². The van der Waals surface area contributed by atoms with Crippen LogP contribution >= 0.6 is 27.6 Å². The van der Waals surface area contributed by atoms with Crippen molar-refractivity contribution >= 4 is 38.2 Å². The highest BCUT2D eigenvalue weighted by Gasteiger charge is 2.76. The van der Waals surface area contributed by atoms with Crippen LogP contribution < -0.4 is 10.6 Å². The van der Waals surface area contributed by atoms with Gasteiger partial charge in [-0.2, -0.15) is 0 Å². The van der Waals surface area contributed by atoms with Gasteiger partial charge in [0.15, 0.2) is 0 Å². The molecule has 0 aliphatic heterocycles. The van der Waals surface area contributed by atoms with Crippen molar-refractivity contribution in [1.82, 2.24) is 0 Å². The van der Waals surface area contributed by atoms with Crippen LogP contribution in [0.5, 0.6) is 0 Å². The van der Waals surface area contributed by atoms with Crippen LogP contribution in [0.2, 0.25) is 0 Å². The van der Waals surface area contributed by atoms with Gasteiger partial charge in [0.05, 0.1) is 0 Å². The van der Waals surface area contributed by atoms with Gasteiger partial charge in [-0.1, -0.05) is 169 Å². The minimum Gasteiger partial charge on any atom is -0.134 e. The first-order chi connectivity index (χ1) is 26.1. The van der Waals surface area contributed by atoms with E-state index >= 15 is 0 Å². The molecule has 6 unspecified atom stereocenters. The monoisotopic (exact) mass is 790 g/mol. The van der Waals surface area contributed by atoms with E-state index in [0.717, 1.165) is 18.4 Å². The highest BCUT2D eigenvalue weighted by atomic mass is 32.2. The predicted octanol–water partition coefficient (Wildman–Crippen LogP) is 16.2. The third-order valence-electron chi connectivity index (χ3n) is 12.4. The lowest BCUT2D eigenvalue weighted by molar-refractivity contribution is -0.285. The van der Waals surface area contributed by atoms with E-state index in [1.165, 1.54) is 72.7 Å². The van der Waals surface area contributed by atoms with Gasteiger partial charge in [-0.05, 0) is 160 Å². The van der Waals surface area contributed by atoms with Crippen molar-refractivity contribution < 1.29 is 0 Å². The maximum absolute atomic E-state index is 5.12. The second-order valence-corrected chi connectivity index (χ2v) is 21.8. The van der Waals surface area contributed by atoms with Crippen molar-refractivity contribution in [3.63, 3.8) is 0 Å². The van der Waals surface area contributed by atoms with Crippen LogP contribution in [0.25, 0.3) is 0 Å². The minimum absolute atomic E-state index is 0.01000. The molecule has 0 spiro atoms. The van der Waals surface area contributed by atoms with Crippen LogP contribution in [0.3, 0.4) is 0 Å².